The number of sulfonamides is 1. The summed E-state index contributed by atoms with van der Waals surface area (Å²) < 4.78 is 32.1. The molecule has 0 aliphatic heterocycles. The molecule has 0 saturated heterocycles. The summed E-state index contributed by atoms with van der Waals surface area (Å²) in [7, 11) is -3.57. The first-order chi connectivity index (χ1) is 13.5. The van der Waals surface area contributed by atoms with E-state index in [0.717, 1.165) is 42.2 Å². The maximum atomic E-state index is 12.3. The number of unbranched alkanes of at least 4 members (excludes halogenated alkanes) is 2. The lowest BCUT2D eigenvalue weighted by Gasteiger charge is -2.06. The van der Waals surface area contributed by atoms with Gasteiger partial charge in [0.1, 0.15) is 10.6 Å². The van der Waals surface area contributed by atoms with E-state index in [2.05, 4.69) is 25.2 Å². The van der Waals surface area contributed by atoms with E-state index in [1.165, 1.54) is 0 Å². The van der Waals surface area contributed by atoms with Gasteiger partial charge in [-0.25, -0.2) is 18.1 Å². The summed E-state index contributed by atoms with van der Waals surface area (Å²) >= 11 is 1.57. The van der Waals surface area contributed by atoms with Crippen molar-refractivity contribution < 1.29 is 12.9 Å². The number of hydrogen-bond acceptors (Lipinski definition) is 8. The summed E-state index contributed by atoms with van der Waals surface area (Å²) in [4.78, 5) is 8.72. The van der Waals surface area contributed by atoms with Crippen LogP contribution in [0.25, 0.3) is 11.3 Å². The molecule has 0 bridgehead atoms. The first-order valence-corrected chi connectivity index (χ1v) is 11.4. The predicted molar refractivity (Wildman–Crippen MR) is 109 cm³/mol. The summed E-state index contributed by atoms with van der Waals surface area (Å²) in [5.41, 5.74) is 2.36. The van der Waals surface area contributed by atoms with Crippen molar-refractivity contribution in [2.24, 2.45) is 0 Å². The molecule has 0 atom stereocenters. The molecule has 0 radical (unpaired) electrons. The van der Waals surface area contributed by atoms with Gasteiger partial charge in [0.2, 0.25) is 10.0 Å². The van der Waals surface area contributed by atoms with Crippen molar-refractivity contribution in [3.63, 3.8) is 0 Å². The van der Waals surface area contributed by atoms with E-state index >= 15 is 0 Å². The van der Waals surface area contributed by atoms with Gasteiger partial charge in [0.15, 0.2) is 10.9 Å². The third-order valence-electron chi connectivity index (χ3n) is 4.14. The summed E-state index contributed by atoms with van der Waals surface area (Å²) in [6.07, 6.45) is 6.09. The molecule has 0 saturated carbocycles. The van der Waals surface area contributed by atoms with E-state index in [-0.39, 0.29) is 4.90 Å². The minimum absolute atomic E-state index is 0.142. The van der Waals surface area contributed by atoms with Gasteiger partial charge in [-0.3, -0.25) is 4.98 Å². The lowest BCUT2D eigenvalue weighted by Crippen LogP contribution is -2.25. The largest absolute Gasteiger partial charge is 0.362 e. The normalized spacial score (nSPS) is 11.6. The van der Waals surface area contributed by atoms with Crippen LogP contribution in [0.5, 0.6) is 0 Å². The Morgan fingerprint density at radius 3 is 2.57 bits per heavy atom. The second kappa shape index (κ2) is 9.26. The Bertz CT molecular complexity index is 980. The highest BCUT2D eigenvalue weighted by Crippen LogP contribution is 2.24. The van der Waals surface area contributed by atoms with Crippen LogP contribution in [0.2, 0.25) is 0 Å². The van der Waals surface area contributed by atoms with E-state index in [9.17, 15) is 8.42 Å². The second-order valence-corrected chi connectivity index (χ2v) is 8.87. The Hall–Kier alpha value is -2.30. The molecule has 0 amide bonds. The Labute approximate surface area is 168 Å². The summed E-state index contributed by atoms with van der Waals surface area (Å²) in [6.45, 7) is 4.39. The van der Waals surface area contributed by atoms with Crippen LogP contribution in [0.3, 0.4) is 0 Å². The Kier molecular flexibility index (Phi) is 6.76. The topological polar surface area (TPSA) is 110 Å². The number of aryl methyl sites for hydroxylation is 2. The molecule has 2 N–H and O–H groups in total. The van der Waals surface area contributed by atoms with Crippen LogP contribution < -0.4 is 10.0 Å². The van der Waals surface area contributed by atoms with E-state index < -0.39 is 10.0 Å². The molecule has 3 rings (SSSR count). The number of hydrogen-bond donors (Lipinski definition) is 2. The zero-order valence-corrected chi connectivity index (χ0v) is 17.4. The average molecular weight is 422 g/mol. The number of anilines is 1. The molecular weight excluding hydrogens is 398 g/mol. The van der Waals surface area contributed by atoms with Gasteiger partial charge in [0.25, 0.3) is 0 Å². The molecule has 10 heteroatoms. The van der Waals surface area contributed by atoms with Gasteiger partial charge in [-0.15, -0.1) is 11.3 Å². The standard InChI is InChI=1S/C18H23N5O3S2/c1-13-17(14(2)26-23-13)28(24,25)21-9-5-3-4-8-20-18-22-16(12-27-18)15-6-10-19-11-7-15/h6-7,10-12,21H,3-5,8-9H2,1-2H3,(H,20,22). The van der Waals surface area contributed by atoms with Gasteiger partial charge < -0.3 is 9.84 Å². The zero-order valence-electron chi connectivity index (χ0n) is 15.8. The van der Waals surface area contributed by atoms with Crippen LogP contribution in [0.1, 0.15) is 30.7 Å². The third kappa shape index (κ3) is 5.15. The lowest BCUT2D eigenvalue weighted by atomic mass is 10.2. The molecule has 0 unspecified atom stereocenters. The van der Waals surface area contributed by atoms with Crippen LogP contribution in [-0.2, 0) is 10.0 Å². The Morgan fingerprint density at radius 2 is 1.86 bits per heavy atom. The fourth-order valence-corrected chi connectivity index (χ4v) is 4.92. The monoisotopic (exact) mass is 421 g/mol. The van der Waals surface area contributed by atoms with Gasteiger partial charge in [-0.05, 0) is 38.8 Å². The van der Waals surface area contributed by atoms with E-state index in [1.807, 2.05) is 17.5 Å². The van der Waals surface area contributed by atoms with Crippen molar-refractivity contribution in [2.45, 2.75) is 38.0 Å². The first kappa shape index (κ1) is 20.4. The van der Waals surface area contributed by atoms with Crippen LogP contribution >= 0.6 is 11.3 Å². The lowest BCUT2D eigenvalue weighted by molar-refractivity contribution is 0.390. The summed E-state index contributed by atoms with van der Waals surface area (Å²) in [5.74, 6) is 0.309. The number of thiazole rings is 1. The van der Waals surface area contributed by atoms with Gasteiger partial charge in [0.05, 0.1) is 5.69 Å². The molecule has 0 aliphatic rings. The Morgan fingerprint density at radius 1 is 1.11 bits per heavy atom. The minimum atomic E-state index is -3.57. The van der Waals surface area contributed by atoms with Crippen molar-refractivity contribution in [2.75, 3.05) is 18.4 Å². The van der Waals surface area contributed by atoms with Crippen LogP contribution in [0, 0.1) is 13.8 Å². The molecule has 150 valence electrons. The maximum absolute atomic E-state index is 12.3. The molecule has 3 heterocycles. The van der Waals surface area contributed by atoms with Gasteiger partial charge in [0, 0.05) is 36.4 Å². The molecule has 0 fully saturated rings. The maximum Gasteiger partial charge on any atom is 0.245 e. The van der Waals surface area contributed by atoms with Crippen molar-refractivity contribution in [1.29, 1.82) is 0 Å². The third-order valence-corrected chi connectivity index (χ3v) is 6.64. The van der Waals surface area contributed by atoms with Gasteiger partial charge >= 0.3 is 0 Å². The molecule has 3 aromatic rings. The minimum Gasteiger partial charge on any atom is -0.362 e. The number of nitrogens with zero attached hydrogens (tertiary/aromatic N) is 3. The molecule has 8 nitrogen and oxygen atoms in total. The predicted octanol–water partition coefficient (Wildman–Crippen LogP) is 3.37. The highest BCUT2D eigenvalue weighted by molar-refractivity contribution is 7.89. The summed E-state index contributed by atoms with van der Waals surface area (Å²) in [6, 6.07) is 3.87. The van der Waals surface area contributed by atoms with Gasteiger partial charge in [-0.1, -0.05) is 11.6 Å². The van der Waals surface area contributed by atoms with Gasteiger partial charge in [-0.2, -0.15) is 0 Å². The zero-order chi connectivity index (χ0) is 20.0. The smallest absolute Gasteiger partial charge is 0.245 e. The molecule has 3 aromatic heterocycles. The van der Waals surface area contributed by atoms with Crippen molar-refractivity contribution >= 4 is 26.5 Å². The molecular formula is C18H23N5O3S2. The summed E-state index contributed by atoms with van der Waals surface area (Å²) in [5, 5.41) is 9.90. The highest BCUT2D eigenvalue weighted by Gasteiger charge is 2.23. The van der Waals surface area contributed by atoms with Crippen LogP contribution in [0.15, 0.2) is 39.3 Å². The molecule has 0 aromatic carbocycles. The second-order valence-electron chi connectivity index (χ2n) is 6.31. The average Bonchev–Trinajstić information content (AvgIpc) is 3.28. The number of pyridine rings is 1. The molecule has 28 heavy (non-hydrogen) atoms. The first-order valence-electron chi connectivity index (χ1n) is 9.00. The SMILES string of the molecule is Cc1noc(C)c1S(=O)(=O)NCCCCCNc1nc(-c2ccncc2)cs1. The quantitative estimate of drug-likeness (QED) is 0.483. The van der Waals surface area contributed by atoms with Crippen molar-refractivity contribution in [1.82, 2.24) is 19.8 Å². The van der Waals surface area contributed by atoms with Crippen molar-refractivity contribution in [3.8, 4) is 11.3 Å². The van der Waals surface area contributed by atoms with E-state index in [0.29, 0.717) is 18.0 Å². The fraction of sp³-hybridized carbons (Fsp3) is 0.389. The van der Waals surface area contributed by atoms with E-state index in [1.54, 1.807) is 37.6 Å². The molecule has 0 aliphatic carbocycles. The fourth-order valence-electron chi connectivity index (χ4n) is 2.77. The Balaban J connectivity index is 1.35. The van der Waals surface area contributed by atoms with E-state index in [4.69, 9.17) is 4.52 Å². The van der Waals surface area contributed by atoms with Crippen LogP contribution in [-0.4, -0.2) is 36.6 Å². The highest BCUT2D eigenvalue weighted by atomic mass is 32.2. The van der Waals surface area contributed by atoms with Crippen molar-refractivity contribution in [3.05, 3.63) is 41.4 Å². The number of aromatic nitrogens is 3. The number of nitrogens with one attached hydrogen (secondary N) is 2. The number of rotatable bonds is 10. The molecule has 0 spiro atoms. The van der Waals surface area contributed by atoms with Crippen LogP contribution in [0.4, 0.5) is 5.13 Å².